The summed E-state index contributed by atoms with van der Waals surface area (Å²) in [4.78, 5) is 0. The quantitative estimate of drug-likeness (QED) is 0.282. The molecule has 0 bridgehead atoms. The molecule has 1 saturated carbocycles. The lowest BCUT2D eigenvalue weighted by molar-refractivity contribution is 0.130. The fourth-order valence-corrected chi connectivity index (χ4v) is 3.26. The van der Waals surface area contributed by atoms with Crippen molar-refractivity contribution < 1.29 is 4.74 Å². The van der Waals surface area contributed by atoms with Crippen molar-refractivity contribution in [3.63, 3.8) is 0 Å². The van der Waals surface area contributed by atoms with E-state index in [4.69, 9.17) is 4.74 Å². The second-order valence-corrected chi connectivity index (χ2v) is 7.09. The summed E-state index contributed by atoms with van der Waals surface area (Å²) in [7, 11) is 0. The Hall–Kier alpha value is -0.0400. The summed E-state index contributed by atoms with van der Waals surface area (Å²) in [5.74, 6) is 1.12. The van der Waals surface area contributed by atoms with Crippen LogP contribution in [0.4, 0.5) is 0 Å². The first-order valence-corrected chi connectivity index (χ1v) is 10.0. The fraction of sp³-hybridized carbons (Fsp3) is 1.00. The Morgan fingerprint density at radius 1 is 0.667 bits per heavy atom. The molecule has 1 aliphatic rings. The van der Waals surface area contributed by atoms with Crippen LogP contribution in [0, 0.1) is 5.92 Å². The fourth-order valence-electron chi connectivity index (χ4n) is 3.26. The van der Waals surface area contributed by atoms with E-state index in [0.29, 0.717) is 0 Å². The molecule has 1 heteroatoms. The van der Waals surface area contributed by atoms with Crippen molar-refractivity contribution >= 4 is 0 Å². The lowest BCUT2D eigenvalue weighted by Gasteiger charge is -2.24. The molecule has 0 aromatic carbocycles. The zero-order valence-electron chi connectivity index (χ0n) is 14.7. The number of unbranched alkanes of at least 4 members (excludes halogenated alkanes) is 10. The first-order chi connectivity index (χ1) is 10.4. The van der Waals surface area contributed by atoms with Crippen LogP contribution >= 0.6 is 0 Å². The second-order valence-electron chi connectivity index (χ2n) is 7.09. The molecule has 0 radical (unpaired) electrons. The van der Waals surface area contributed by atoms with Crippen LogP contribution in [0.1, 0.15) is 110 Å². The Kier molecular flexibility index (Phi) is 13.5. The molecule has 0 saturated heterocycles. The molecular formula is C20H40O. The van der Waals surface area contributed by atoms with Crippen molar-refractivity contribution in [2.45, 2.75) is 110 Å². The number of hydrogen-bond acceptors (Lipinski definition) is 1. The predicted octanol–water partition coefficient (Wildman–Crippen LogP) is 6.89. The molecule has 1 nitrogen and oxygen atoms in total. The van der Waals surface area contributed by atoms with E-state index in [2.05, 4.69) is 6.92 Å². The molecule has 0 N–H and O–H groups in total. The molecule has 0 aromatic heterocycles. The lowest BCUT2D eigenvalue weighted by Crippen LogP contribution is -2.10. The van der Waals surface area contributed by atoms with Gasteiger partial charge in [0.25, 0.3) is 0 Å². The van der Waals surface area contributed by atoms with Gasteiger partial charge in [0, 0.05) is 13.2 Å². The Morgan fingerprint density at radius 3 is 1.67 bits per heavy atom. The molecule has 0 aromatic rings. The highest BCUT2D eigenvalue weighted by molar-refractivity contribution is 4.69. The van der Waals surface area contributed by atoms with Gasteiger partial charge in [-0.05, 0) is 18.8 Å². The predicted molar refractivity (Wildman–Crippen MR) is 93.9 cm³/mol. The first-order valence-electron chi connectivity index (χ1n) is 10.0. The van der Waals surface area contributed by atoms with Crippen molar-refractivity contribution in [3.05, 3.63) is 0 Å². The second kappa shape index (κ2) is 14.9. The molecule has 0 amide bonds. The maximum Gasteiger partial charge on any atom is 0.0466 e. The maximum absolute atomic E-state index is 5.50. The van der Waals surface area contributed by atoms with Crippen LogP contribution < -0.4 is 0 Å². The number of ether oxygens (including phenoxy) is 1. The Bertz CT molecular complexity index is 198. The van der Waals surface area contributed by atoms with E-state index in [0.717, 1.165) is 25.6 Å². The summed E-state index contributed by atoms with van der Waals surface area (Å²) in [5, 5.41) is 0. The van der Waals surface area contributed by atoms with Crippen molar-refractivity contribution in [1.29, 1.82) is 0 Å². The topological polar surface area (TPSA) is 9.23 Å². The van der Waals surface area contributed by atoms with Gasteiger partial charge in [-0.15, -0.1) is 0 Å². The van der Waals surface area contributed by atoms with Gasteiger partial charge in [-0.2, -0.15) is 0 Å². The highest BCUT2D eigenvalue weighted by Crippen LogP contribution is 2.31. The minimum Gasteiger partial charge on any atom is -0.381 e. The minimum absolute atomic E-state index is 0.945. The van der Waals surface area contributed by atoms with Gasteiger partial charge in [0.2, 0.25) is 0 Å². The van der Waals surface area contributed by atoms with Crippen LogP contribution in [0.5, 0.6) is 0 Å². The van der Waals surface area contributed by atoms with Gasteiger partial charge in [0.15, 0.2) is 0 Å². The standard InChI is InChI=1S/C20H40O/c1-2-18-21-19-13-11-9-7-5-3-4-6-8-10-12-15-20-16-14-17-20/h20H,2-19H2,1H3. The Morgan fingerprint density at radius 2 is 1.19 bits per heavy atom. The van der Waals surface area contributed by atoms with Gasteiger partial charge < -0.3 is 4.74 Å². The normalized spacial score (nSPS) is 15.3. The summed E-state index contributed by atoms with van der Waals surface area (Å²) < 4.78 is 5.50. The summed E-state index contributed by atoms with van der Waals surface area (Å²) in [6.45, 7) is 4.10. The largest absolute Gasteiger partial charge is 0.381 e. The van der Waals surface area contributed by atoms with Gasteiger partial charge in [-0.3, -0.25) is 0 Å². The maximum atomic E-state index is 5.50. The van der Waals surface area contributed by atoms with Crippen molar-refractivity contribution in [2.24, 2.45) is 5.92 Å². The molecule has 0 aliphatic heterocycles. The van der Waals surface area contributed by atoms with Crippen LogP contribution in [-0.2, 0) is 4.74 Å². The van der Waals surface area contributed by atoms with E-state index in [1.165, 1.54) is 96.3 Å². The zero-order chi connectivity index (χ0) is 15.0. The number of rotatable bonds is 16. The van der Waals surface area contributed by atoms with Gasteiger partial charge in [-0.1, -0.05) is 96.8 Å². The van der Waals surface area contributed by atoms with E-state index in [1.54, 1.807) is 0 Å². The van der Waals surface area contributed by atoms with Crippen molar-refractivity contribution in [1.82, 2.24) is 0 Å². The molecule has 0 spiro atoms. The molecule has 1 fully saturated rings. The van der Waals surface area contributed by atoms with E-state index in [1.807, 2.05) is 0 Å². The van der Waals surface area contributed by atoms with E-state index in [-0.39, 0.29) is 0 Å². The first kappa shape index (κ1) is 19.0. The third-order valence-electron chi connectivity index (χ3n) is 4.97. The molecule has 0 atom stereocenters. The molecular weight excluding hydrogens is 256 g/mol. The molecule has 1 aliphatic carbocycles. The van der Waals surface area contributed by atoms with Crippen molar-refractivity contribution in [2.75, 3.05) is 13.2 Å². The van der Waals surface area contributed by atoms with Crippen LogP contribution in [-0.4, -0.2) is 13.2 Å². The van der Waals surface area contributed by atoms with Crippen LogP contribution in [0.25, 0.3) is 0 Å². The molecule has 126 valence electrons. The minimum atomic E-state index is 0.945. The van der Waals surface area contributed by atoms with Crippen LogP contribution in [0.15, 0.2) is 0 Å². The monoisotopic (exact) mass is 296 g/mol. The van der Waals surface area contributed by atoms with E-state index in [9.17, 15) is 0 Å². The highest BCUT2D eigenvalue weighted by atomic mass is 16.5. The summed E-state index contributed by atoms with van der Waals surface area (Å²) in [6, 6.07) is 0. The van der Waals surface area contributed by atoms with Gasteiger partial charge in [0.1, 0.15) is 0 Å². The third-order valence-corrected chi connectivity index (χ3v) is 4.97. The van der Waals surface area contributed by atoms with Crippen LogP contribution in [0.2, 0.25) is 0 Å². The van der Waals surface area contributed by atoms with Crippen LogP contribution in [0.3, 0.4) is 0 Å². The average molecular weight is 297 g/mol. The smallest absolute Gasteiger partial charge is 0.0466 e. The highest BCUT2D eigenvalue weighted by Gasteiger charge is 2.15. The lowest BCUT2D eigenvalue weighted by atomic mass is 9.81. The van der Waals surface area contributed by atoms with Gasteiger partial charge in [-0.25, -0.2) is 0 Å². The third kappa shape index (κ3) is 12.2. The summed E-state index contributed by atoms with van der Waals surface area (Å²) in [5.41, 5.74) is 0. The molecule has 0 heterocycles. The van der Waals surface area contributed by atoms with E-state index < -0.39 is 0 Å². The van der Waals surface area contributed by atoms with Crippen molar-refractivity contribution in [3.8, 4) is 0 Å². The molecule has 0 unspecified atom stereocenters. The molecule has 21 heavy (non-hydrogen) atoms. The van der Waals surface area contributed by atoms with Gasteiger partial charge in [0.05, 0.1) is 0 Å². The summed E-state index contributed by atoms with van der Waals surface area (Å²) >= 11 is 0. The molecule has 1 rings (SSSR count). The number of hydrogen-bond donors (Lipinski definition) is 0. The van der Waals surface area contributed by atoms with E-state index >= 15 is 0 Å². The average Bonchev–Trinajstić information content (AvgIpc) is 2.45. The van der Waals surface area contributed by atoms with Gasteiger partial charge >= 0.3 is 0 Å². The Balaban J connectivity index is 1.61. The summed E-state index contributed by atoms with van der Waals surface area (Å²) in [6.07, 6.45) is 23.1. The SMILES string of the molecule is CCCOCCCCCCCCCCCCCC1CCC1. The zero-order valence-corrected chi connectivity index (χ0v) is 14.7. The Labute approximate surface area is 134 Å².